The van der Waals surface area contributed by atoms with E-state index in [0.29, 0.717) is 17.7 Å². The van der Waals surface area contributed by atoms with Crippen molar-refractivity contribution in [2.45, 2.75) is 49.3 Å². The monoisotopic (exact) mass is 333 g/mol. The Morgan fingerprint density at radius 1 is 1.29 bits per heavy atom. The van der Waals surface area contributed by atoms with Crippen molar-refractivity contribution in [1.82, 2.24) is 4.90 Å². The Morgan fingerprint density at radius 3 is 2.79 bits per heavy atom. The first-order chi connectivity index (χ1) is 11.5. The molecule has 5 heteroatoms. The van der Waals surface area contributed by atoms with E-state index in [1.165, 1.54) is 5.56 Å². The van der Waals surface area contributed by atoms with E-state index in [9.17, 15) is 10.2 Å². The van der Waals surface area contributed by atoms with E-state index in [1.54, 1.807) is 14.2 Å². The fourth-order valence-corrected chi connectivity index (χ4v) is 5.63. The molecule has 5 atom stereocenters. The number of phenolic OH excluding ortho intramolecular Hbond substituents is 1. The van der Waals surface area contributed by atoms with Gasteiger partial charge in [0.25, 0.3) is 0 Å². The number of methoxy groups -OCH3 is 2. The quantitative estimate of drug-likeness (QED) is 0.862. The van der Waals surface area contributed by atoms with E-state index in [4.69, 9.17) is 9.47 Å². The van der Waals surface area contributed by atoms with Gasteiger partial charge in [-0.1, -0.05) is 6.07 Å². The molecule has 0 radical (unpaired) electrons. The highest BCUT2D eigenvalue weighted by atomic mass is 16.5. The number of nitrogens with zero attached hydrogens (tertiary/aromatic N) is 1. The molecule has 1 saturated heterocycles. The zero-order valence-electron chi connectivity index (χ0n) is 14.7. The van der Waals surface area contributed by atoms with Gasteiger partial charge in [-0.3, -0.25) is 0 Å². The highest BCUT2D eigenvalue weighted by Gasteiger charge is 2.58. The lowest BCUT2D eigenvalue weighted by Crippen LogP contribution is -2.63. The molecule has 2 N–H and O–H groups in total. The normalized spacial score (nSPS) is 38.3. The van der Waals surface area contributed by atoms with Crippen LogP contribution in [0.2, 0.25) is 0 Å². The van der Waals surface area contributed by atoms with Crippen LogP contribution in [-0.4, -0.2) is 61.2 Å². The van der Waals surface area contributed by atoms with E-state index in [1.807, 2.05) is 6.07 Å². The van der Waals surface area contributed by atoms with Gasteiger partial charge in [0, 0.05) is 24.1 Å². The van der Waals surface area contributed by atoms with Crippen molar-refractivity contribution in [3.8, 4) is 11.5 Å². The van der Waals surface area contributed by atoms with Crippen LogP contribution >= 0.6 is 0 Å². The maximum Gasteiger partial charge on any atom is 0.161 e. The van der Waals surface area contributed by atoms with Crippen LogP contribution in [0.5, 0.6) is 11.5 Å². The van der Waals surface area contributed by atoms with Gasteiger partial charge in [0.15, 0.2) is 11.5 Å². The molecule has 4 rings (SSSR count). The van der Waals surface area contributed by atoms with Crippen molar-refractivity contribution in [2.75, 3.05) is 27.8 Å². The Labute approximate surface area is 143 Å². The molecule has 0 aromatic heterocycles. The van der Waals surface area contributed by atoms with Gasteiger partial charge in [0.1, 0.15) is 0 Å². The summed E-state index contributed by atoms with van der Waals surface area (Å²) in [5, 5.41) is 21.5. The van der Waals surface area contributed by atoms with Crippen LogP contribution in [0, 0.1) is 5.92 Å². The number of hydrogen-bond donors (Lipinski definition) is 2. The number of ether oxygens (including phenoxy) is 2. The molecule has 1 aliphatic heterocycles. The second-order valence-electron chi connectivity index (χ2n) is 7.70. The Bertz CT molecular complexity index is 648. The van der Waals surface area contributed by atoms with E-state index < -0.39 is 6.10 Å². The summed E-state index contributed by atoms with van der Waals surface area (Å²) >= 11 is 0. The highest BCUT2D eigenvalue weighted by molar-refractivity contribution is 5.56. The number of hydrogen-bond acceptors (Lipinski definition) is 5. The molecule has 2 bridgehead atoms. The third-order valence-electron chi connectivity index (χ3n) is 6.82. The summed E-state index contributed by atoms with van der Waals surface area (Å²) in [6, 6.07) is 4.38. The molecular weight excluding hydrogens is 306 g/mol. The molecule has 1 saturated carbocycles. The van der Waals surface area contributed by atoms with Gasteiger partial charge >= 0.3 is 0 Å². The SMILES string of the molecule is COc1ccc2c(c1O)C13CCN(C)C(C2)C1CC(O)C(OC)C3. The van der Waals surface area contributed by atoms with Crippen LogP contribution in [0.25, 0.3) is 0 Å². The molecule has 24 heavy (non-hydrogen) atoms. The zero-order valence-corrected chi connectivity index (χ0v) is 14.7. The molecule has 5 nitrogen and oxygen atoms in total. The van der Waals surface area contributed by atoms with Gasteiger partial charge in [0.05, 0.1) is 19.3 Å². The van der Waals surface area contributed by atoms with Gasteiger partial charge in [-0.05, 0) is 56.8 Å². The van der Waals surface area contributed by atoms with Crippen molar-refractivity contribution in [1.29, 1.82) is 0 Å². The second-order valence-corrected chi connectivity index (χ2v) is 7.70. The number of aliphatic hydroxyl groups excluding tert-OH is 1. The minimum Gasteiger partial charge on any atom is -0.504 e. The third kappa shape index (κ3) is 2.04. The molecule has 1 aromatic rings. The summed E-state index contributed by atoms with van der Waals surface area (Å²) in [5.41, 5.74) is 2.13. The molecule has 2 aliphatic carbocycles. The Hall–Kier alpha value is -1.30. The molecule has 0 amide bonds. The largest absolute Gasteiger partial charge is 0.504 e. The van der Waals surface area contributed by atoms with Gasteiger partial charge in [-0.15, -0.1) is 0 Å². The highest BCUT2D eigenvalue weighted by Crippen LogP contribution is 2.59. The summed E-state index contributed by atoms with van der Waals surface area (Å²) in [6.45, 7) is 1.00. The van der Waals surface area contributed by atoms with E-state index >= 15 is 0 Å². The summed E-state index contributed by atoms with van der Waals surface area (Å²) in [6.07, 6.45) is 2.76. The molecule has 1 aromatic carbocycles. The number of rotatable bonds is 2. The van der Waals surface area contributed by atoms with Crippen LogP contribution in [0.15, 0.2) is 12.1 Å². The van der Waals surface area contributed by atoms with Crippen molar-refractivity contribution >= 4 is 0 Å². The summed E-state index contributed by atoms with van der Waals surface area (Å²) < 4.78 is 11.0. The van der Waals surface area contributed by atoms with E-state index in [-0.39, 0.29) is 17.3 Å². The van der Waals surface area contributed by atoms with Crippen LogP contribution in [0.1, 0.15) is 30.4 Å². The maximum absolute atomic E-state index is 10.9. The fraction of sp³-hybridized carbons (Fsp3) is 0.684. The number of aliphatic hydroxyl groups is 1. The van der Waals surface area contributed by atoms with Crippen molar-refractivity contribution < 1.29 is 19.7 Å². The van der Waals surface area contributed by atoms with E-state index in [0.717, 1.165) is 37.8 Å². The van der Waals surface area contributed by atoms with E-state index in [2.05, 4.69) is 18.0 Å². The van der Waals surface area contributed by atoms with Crippen LogP contribution in [0.3, 0.4) is 0 Å². The van der Waals surface area contributed by atoms with Crippen LogP contribution in [-0.2, 0) is 16.6 Å². The molecule has 132 valence electrons. The van der Waals surface area contributed by atoms with Crippen molar-refractivity contribution in [2.24, 2.45) is 5.92 Å². The molecular formula is C19H27NO4. The standard InChI is InChI=1S/C19H27NO4/c1-20-7-6-19-10-16(24-3)14(21)9-12(19)13(20)8-11-4-5-15(23-2)18(22)17(11)19/h4-5,12-14,16,21-22H,6-10H2,1-3H3. The average molecular weight is 333 g/mol. The number of likely N-dealkylation sites (tertiary alicyclic amines) is 1. The second kappa shape index (κ2) is 5.61. The Kier molecular flexibility index (Phi) is 3.79. The first-order valence-corrected chi connectivity index (χ1v) is 8.82. The first-order valence-electron chi connectivity index (χ1n) is 8.82. The number of aromatic hydroxyl groups is 1. The minimum atomic E-state index is -0.434. The first kappa shape index (κ1) is 16.2. The minimum absolute atomic E-state index is 0.136. The number of fused-ring (bicyclic) bond motifs is 1. The number of benzene rings is 1. The van der Waals surface area contributed by atoms with Crippen molar-refractivity contribution in [3.63, 3.8) is 0 Å². The average Bonchev–Trinajstić information content (AvgIpc) is 2.58. The van der Waals surface area contributed by atoms with Gasteiger partial charge in [-0.25, -0.2) is 0 Å². The van der Waals surface area contributed by atoms with Gasteiger partial charge < -0.3 is 24.6 Å². The maximum atomic E-state index is 10.9. The lowest BCUT2D eigenvalue weighted by atomic mass is 9.51. The number of piperidine rings is 1. The van der Waals surface area contributed by atoms with Crippen LogP contribution in [0.4, 0.5) is 0 Å². The lowest BCUT2D eigenvalue weighted by molar-refractivity contribution is -0.114. The Morgan fingerprint density at radius 2 is 2.08 bits per heavy atom. The fourth-order valence-electron chi connectivity index (χ4n) is 5.63. The van der Waals surface area contributed by atoms with Crippen LogP contribution < -0.4 is 4.74 Å². The molecule has 5 unspecified atom stereocenters. The summed E-state index contributed by atoms with van der Waals surface area (Å²) in [5.74, 6) is 1.16. The Balaban J connectivity index is 1.91. The number of phenols is 1. The predicted molar refractivity (Wildman–Crippen MR) is 90.6 cm³/mol. The van der Waals surface area contributed by atoms with Gasteiger partial charge in [-0.2, -0.15) is 0 Å². The summed E-state index contributed by atoms with van der Waals surface area (Å²) in [4.78, 5) is 2.42. The zero-order chi connectivity index (χ0) is 17.1. The smallest absolute Gasteiger partial charge is 0.161 e. The molecule has 1 heterocycles. The van der Waals surface area contributed by atoms with Crippen molar-refractivity contribution in [3.05, 3.63) is 23.3 Å². The predicted octanol–water partition coefficient (Wildman–Crippen LogP) is 1.68. The third-order valence-corrected chi connectivity index (χ3v) is 6.82. The summed E-state index contributed by atoms with van der Waals surface area (Å²) in [7, 11) is 5.45. The molecule has 2 fully saturated rings. The number of likely N-dealkylation sites (N-methyl/N-ethyl adjacent to an activating group) is 1. The topological polar surface area (TPSA) is 62.2 Å². The molecule has 0 spiro atoms. The van der Waals surface area contributed by atoms with Gasteiger partial charge in [0.2, 0.25) is 0 Å². The lowest BCUT2D eigenvalue weighted by Gasteiger charge is -2.60. The molecule has 3 aliphatic rings.